The van der Waals surface area contributed by atoms with Gasteiger partial charge >= 0.3 is 0 Å². The molecular weight excluding hydrogens is 202 g/mol. The second-order valence-corrected chi connectivity index (χ2v) is 4.24. The molecule has 0 heterocycles. The fraction of sp³-hybridized carbons (Fsp3) is 0.462. The van der Waals surface area contributed by atoms with E-state index in [1.165, 1.54) is 11.1 Å². The summed E-state index contributed by atoms with van der Waals surface area (Å²) >= 11 is 0. The van der Waals surface area contributed by atoms with Crippen molar-refractivity contribution in [1.29, 1.82) is 0 Å². The second kappa shape index (κ2) is 4.56. The number of carbonyl (C=O) groups is 1. The lowest BCUT2D eigenvalue weighted by Gasteiger charge is -2.26. The summed E-state index contributed by atoms with van der Waals surface area (Å²) in [5.74, 6) is 1.02. The van der Waals surface area contributed by atoms with Crippen molar-refractivity contribution in [3.8, 4) is 5.75 Å². The maximum atomic E-state index is 11.0. The molecule has 1 amide bonds. The molecule has 1 aliphatic carbocycles. The summed E-state index contributed by atoms with van der Waals surface area (Å²) in [5, 5.41) is 2.98. The minimum atomic E-state index is 0.0522. The highest BCUT2D eigenvalue weighted by Gasteiger charge is 2.21. The number of amides is 1. The van der Waals surface area contributed by atoms with Gasteiger partial charge in [0.15, 0.2) is 0 Å². The van der Waals surface area contributed by atoms with Crippen LogP contribution in [0.4, 0.5) is 0 Å². The number of fused-ring (bicyclic) bond motifs is 1. The molecule has 0 saturated carbocycles. The maximum absolute atomic E-state index is 11.0. The molecular formula is C13H17NO2. The summed E-state index contributed by atoms with van der Waals surface area (Å²) in [7, 11) is 1.70. The van der Waals surface area contributed by atoms with Gasteiger partial charge in [-0.25, -0.2) is 0 Å². The molecule has 0 bridgehead atoms. The van der Waals surface area contributed by atoms with Gasteiger partial charge in [0.2, 0.25) is 5.91 Å². The van der Waals surface area contributed by atoms with Crippen LogP contribution >= 0.6 is 0 Å². The Kier molecular flexibility index (Phi) is 3.13. The van der Waals surface area contributed by atoms with Gasteiger partial charge < -0.3 is 10.1 Å². The van der Waals surface area contributed by atoms with Crippen molar-refractivity contribution >= 4 is 5.91 Å². The summed E-state index contributed by atoms with van der Waals surface area (Å²) in [5.41, 5.74) is 2.59. The third-order valence-corrected chi connectivity index (χ3v) is 3.07. The quantitative estimate of drug-likeness (QED) is 0.822. The fourth-order valence-electron chi connectivity index (χ4n) is 2.37. The third kappa shape index (κ3) is 2.18. The first kappa shape index (κ1) is 11.0. The molecule has 0 saturated heterocycles. The van der Waals surface area contributed by atoms with Crippen LogP contribution < -0.4 is 10.1 Å². The Balaban J connectivity index is 2.18. The Morgan fingerprint density at radius 1 is 1.50 bits per heavy atom. The lowest BCUT2D eigenvalue weighted by atomic mass is 9.87. The van der Waals surface area contributed by atoms with Crippen molar-refractivity contribution in [1.82, 2.24) is 5.32 Å². The van der Waals surface area contributed by atoms with Crippen LogP contribution in [0.2, 0.25) is 0 Å². The van der Waals surface area contributed by atoms with Crippen molar-refractivity contribution in [3.05, 3.63) is 29.3 Å². The molecule has 3 heteroatoms. The van der Waals surface area contributed by atoms with Crippen LogP contribution in [0.1, 0.15) is 24.5 Å². The number of rotatable bonds is 2. The molecule has 86 valence electrons. The Hall–Kier alpha value is -1.51. The van der Waals surface area contributed by atoms with E-state index in [9.17, 15) is 4.79 Å². The molecule has 1 atom stereocenters. The lowest BCUT2D eigenvalue weighted by Crippen LogP contribution is -2.37. The van der Waals surface area contributed by atoms with E-state index >= 15 is 0 Å². The molecule has 0 aromatic heterocycles. The minimum absolute atomic E-state index is 0.0522. The van der Waals surface area contributed by atoms with Gasteiger partial charge in [0.05, 0.1) is 7.11 Å². The van der Waals surface area contributed by atoms with E-state index in [1.54, 1.807) is 14.0 Å². The Labute approximate surface area is 95.8 Å². The number of benzene rings is 1. The van der Waals surface area contributed by atoms with E-state index in [2.05, 4.69) is 11.4 Å². The Bertz CT molecular complexity index is 401. The van der Waals surface area contributed by atoms with Crippen LogP contribution in [-0.4, -0.2) is 19.1 Å². The molecule has 0 radical (unpaired) electrons. The van der Waals surface area contributed by atoms with E-state index in [4.69, 9.17) is 4.74 Å². The number of methoxy groups -OCH3 is 1. The molecule has 0 aliphatic heterocycles. The summed E-state index contributed by atoms with van der Waals surface area (Å²) in [4.78, 5) is 11.0. The van der Waals surface area contributed by atoms with E-state index in [1.807, 2.05) is 12.1 Å². The lowest BCUT2D eigenvalue weighted by molar-refractivity contribution is -0.119. The predicted octanol–water partition coefficient (Wildman–Crippen LogP) is 1.69. The second-order valence-electron chi connectivity index (χ2n) is 4.24. The van der Waals surface area contributed by atoms with Crippen LogP contribution in [0.25, 0.3) is 0 Å². The van der Waals surface area contributed by atoms with Crippen LogP contribution in [0.5, 0.6) is 5.75 Å². The standard InChI is InChI=1S/C13H17NO2/c1-9(15)14-11-6-7-12-10(8-11)4-3-5-13(12)16-2/h3-5,11H,6-8H2,1-2H3,(H,14,15)/t11-/m1/s1. The van der Waals surface area contributed by atoms with Gasteiger partial charge in [-0.2, -0.15) is 0 Å². The summed E-state index contributed by atoms with van der Waals surface area (Å²) in [6.45, 7) is 1.57. The minimum Gasteiger partial charge on any atom is -0.496 e. The number of carbonyl (C=O) groups excluding carboxylic acids is 1. The zero-order chi connectivity index (χ0) is 11.5. The summed E-state index contributed by atoms with van der Waals surface area (Å²) in [6, 6.07) is 6.40. The molecule has 0 fully saturated rings. The fourth-order valence-corrected chi connectivity index (χ4v) is 2.37. The Morgan fingerprint density at radius 3 is 3.00 bits per heavy atom. The highest BCUT2D eigenvalue weighted by atomic mass is 16.5. The third-order valence-electron chi connectivity index (χ3n) is 3.07. The molecule has 3 nitrogen and oxygen atoms in total. The van der Waals surface area contributed by atoms with Gasteiger partial charge in [-0.3, -0.25) is 4.79 Å². The van der Waals surface area contributed by atoms with E-state index in [0.717, 1.165) is 25.0 Å². The monoisotopic (exact) mass is 219 g/mol. The van der Waals surface area contributed by atoms with Crippen LogP contribution in [0.3, 0.4) is 0 Å². The predicted molar refractivity (Wildman–Crippen MR) is 62.6 cm³/mol. The molecule has 2 rings (SSSR count). The van der Waals surface area contributed by atoms with Crippen LogP contribution in [-0.2, 0) is 17.6 Å². The number of ether oxygens (including phenoxy) is 1. The number of nitrogens with one attached hydrogen (secondary N) is 1. The molecule has 1 aliphatic rings. The van der Waals surface area contributed by atoms with Crippen LogP contribution in [0.15, 0.2) is 18.2 Å². The van der Waals surface area contributed by atoms with Gasteiger partial charge in [-0.15, -0.1) is 0 Å². The molecule has 1 N–H and O–H groups in total. The molecule has 0 unspecified atom stereocenters. The summed E-state index contributed by atoms with van der Waals surface area (Å²) < 4.78 is 5.34. The normalized spacial score (nSPS) is 18.8. The average molecular weight is 219 g/mol. The first-order chi connectivity index (χ1) is 7.70. The molecule has 0 spiro atoms. The van der Waals surface area contributed by atoms with Gasteiger partial charge in [-0.1, -0.05) is 12.1 Å². The molecule has 1 aromatic carbocycles. The zero-order valence-corrected chi connectivity index (χ0v) is 9.75. The SMILES string of the molecule is COc1cccc2c1CC[C@@H](NC(C)=O)C2. The van der Waals surface area contributed by atoms with E-state index < -0.39 is 0 Å². The first-order valence-electron chi connectivity index (χ1n) is 5.62. The van der Waals surface area contributed by atoms with E-state index in [0.29, 0.717) is 0 Å². The van der Waals surface area contributed by atoms with Crippen molar-refractivity contribution in [3.63, 3.8) is 0 Å². The first-order valence-corrected chi connectivity index (χ1v) is 5.62. The van der Waals surface area contributed by atoms with Gasteiger partial charge in [0.1, 0.15) is 5.75 Å². The number of hydrogen-bond acceptors (Lipinski definition) is 2. The van der Waals surface area contributed by atoms with Gasteiger partial charge in [0.25, 0.3) is 0 Å². The van der Waals surface area contributed by atoms with Crippen LogP contribution in [0, 0.1) is 0 Å². The zero-order valence-electron chi connectivity index (χ0n) is 9.75. The maximum Gasteiger partial charge on any atom is 0.217 e. The average Bonchev–Trinajstić information content (AvgIpc) is 2.27. The number of hydrogen-bond donors (Lipinski definition) is 1. The van der Waals surface area contributed by atoms with Crippen molar-refractivity contribution in [2.45, 2.75) is 32.2 Å². The largest absolute Gasteiger partial charge is 0.496 e. The van der Waals surface area contributed by atoms with E-state index in [-0.39, 0.29) is 11.9 Å². The van der Waals surface area contributed by atoms with Gasteiger partial charge in [-0.05, 0) is 36.5 Å². The van der Waals surface area contributed by atoms with Crippen molar-refractivity contribution in [2.75, 3.05) is 7.11 Å². The molecule has 16 heavy (non-hydrogen) atoms. The Morgan fingerprint density at radius 2 is 2.31 bits per heavy atom. The summed E-state index contributed by atoms with van der Waals surface area (Å²) in [6.07, 6.45) is 2.88. The van der Waals surface area contributed by atoms with Crippen molar-refractivity contribution < 1.29 is 9.53 Å². The topological polar surface area (TPSA) is 38.3 Å². The smallest absolute Gasteiger partial charge is 0.217 e. The molecule has 1 aromatic rings. The highest BCUT2D eigenvalue weighted by molar-refractivity contribution is 5.73. The van der Waals surface area contributed by atoms with Gasteiger partial charge in [0, 0.05) is 13.0 Å². The highest BCUT2D eigenvalue weighted by Crippen LogP contribution is 2.29. The van der Waals surface area contributed by atoms with Crippen molar-refractivity contribution in [2.24, 2.45) is 0 Å².